The van der Waals surface area contributed by atoms with Crippen molar-refractivity contribution in [2.45, 2.75) is 106 Å². The predicted molar refractivity (Wildman–Crippen MR) is 134 cm³/mol. The topological polar surface area (TPSA) is 54.4 Å². The number of carbonyl (C=O) groups is 2. The van der Waals surface area contributed by atoms with E-state index < -0.39 is 11.5 Å². The minimum atomic E-state index is -0.644. The third kappa shape index (κ3) is 3.46. The molecule has 0 aromatic rings. The smallest absolute Gasteiger partial charge is 0.155 e. The van der Waals surface area contributed by atoms with Gasteiger partial charge in [-0.1, -0.05) is 51.8 Å². The van der Waals surface area contributed by atoms with Gasteiger partial charge in [0.1, 0.15) is 6.29 Å². The highest BCUT2D eigenvalue weighted by Crippen LogP contribution is 2.73. The molecule has 0 spiro atoms. The summed E-state index contributed by atoms with van der Waals surface area (Å²) in [5, 5.41) is 10.8. The van der Waals surface area contributed by atoms with E-state index in [1.54, 1.807) is 5.57 Å². The van der Waals surface area contributed by atoms with Crippen LogP contribution in [-0.4, -0.2) is 23.3 Å². The molecule has 3 saturated carbocycles. The van der Waals surface area contributed by atoms with Crippen LogP contribution in [0.3, 0.4) is 0 Å². The molecule has 184 valence electrons. The minimum absolute atomic E-state index is 0.0758. The number of ketones is 1. The largest absolute Gasteiger partial charge is 0.392 e. The molecular formula is C30H46O3. The number of hydrogen-bond acceptors (Lipinski definition) is 3. The van der Waals surface area contributed by atoms with E-state index in [-0.39, 0.29) is 27.9 Å². The van der Waals surface area contributed by atoms with Crippen LogP contribution in [-0.2, 0) is 9.59 Å². The van der Waals surface area contributed by atoms with E-state index in [1.165, 1.54) is 25.7 Å². The Morgan fingerprint density at radius 2 is 1.82 bits per heavy atom. The van der Waals surface area contributed by atoms with Crippen molar-refractivity contribution in [1.82, 2.24) is 0 Å². The molecule has 9 atom stereocenters. The Balaban J connectivity index is 1.65. The average Bonchev–Trinajstić information content (AvgIpc) is 3.02. The van der Waals surface area contributed by atoms with Crippen molar-refractivity contribution in [2.24, 2.45) is 45.3 Å². The van der Waals surface area contributed by atoms with Crippen molar-refractivity contribution in [1.29, 1.82) is 0 Å². The Kier molecular flexibility index (Phi) is 6.17. The first kappa shape index (κ1) is 24.9. The van der Waals surface area contributed by atoms with Gasteiger partial charge in [0, 0.05) is 6.42 Å². The van der Waals surface area contributed by atoms with Gasteiger partial charge in [-0.3, -0.25) is 4.79 Å². The Bertz CT molecular complexity index is 881. The van der Waals surface area contributed by atoms with Crippen LogP contribution in [0, 0.1) is 45.3 Å². The molecule has 0 amide bonds. The van der Waals surface area contributed by atoms with Crippen molar-refractivity contribution in [3.05, 3.63) is 23.3 Å². The number of allylic oxidation sites excluding steroid dienone is 4. The van der Waals surface area contributed by atoms with Gasteiger partial charge in [-0.25, -0.2) is 0 Å². The number of carbonyl (C=O) groups excluding carboxylic acids is 2. The summed E-state index contributed by atoms with van der Waals surface area (Å²) in [6.07, 6.45) is 12.9. The maximum atomic E-state index is 12.6. The van der Waals surface area contributed by atoms with Gasteiger partial charge in [0.2, 0.25) is 0 Å². The number of hydrogen-bond donors (Lipinski definition) is 1. The molecule has 3 nitrogen and oxygen atoms in total. The third-order valence-electron chi connectivity index (χ3n) is 11.5. The van der Waals surface area contributed by atoms with Gasteiger partial charge in [0.25, 0.3) is 0 Å². The lowest BCUT2D eigenvalue weighted by atomic mass is 9.41. The summed E-state index contributed by atoms with van der Waals surface area (Å²) in [7, 11) is 0. The second-order valence-corrected chi connectivity index (χ2v) is 13.3. The average molecular weight is 455 g/mol. The molecule has 0 aliphatic heterocycles. The first-order valence-corrected chi connectivity index (χ1v) is 13.4. The lowest BCUT2D eigenvalue weighted by molar-refractivity contribution is -0.154. The van der Waals surface area contributed by atoms with Crippen molar-refractivity contribution >= 4 is 12.1 Å². The fourth-order valence-corrected chi connectivity index (χ4v) is 9.40. The number of aliphatic hydroxyl groups excluding tert-OH is 1. The number of aliphatic hydroxyl groups is 1. The highest BCUT2D eigenvalue weighted by Gasteiger charge is 2.65. The highest BCUT2D eigenvalue weighted by molar-refractivity contribution is 5.90. The Morgan fingerprint density at radius 3 is 2.45 bits per heavy atom. The molecular weight excluding hydrogens is 408 g/mol. The molecule has 4 rings (SSSR count). The number of rotatable bonds is 5. The zero-order valence-corrected chi connectivity index (χ0v) is 22.0. The first-order chi connectivity index (χ1) is 15.3. The molecule has 4 aliphatic carbocycles. The normalized spacial score (nSPS) is 47.5. The van der Waals surface area contributed by atoms with Crippen molar-refractivity contribution < 1.29 is 14.7 Å². The summed E-state index contributed by atoms with van der Waals surface area (Å²) >= 11 is 0. The fraction of sp³-hybridized carbons (Fsp3) is 0.800. The number of aldehydes is 1. The summed E-state index contributed by atoms with van der Waals surface area (Å²) in [4.78, 5) is 24.8. The molecule has 0 bridgehead atoms. The quantitative estimate of drug-likeness (QED) is 0.286. The Labute approximate surface area is 201 Å². The summed E-state index contributed by atoms with van der Waals surface area (Å²) in [5.41, 5.74) is 2.54. The van der Waals surface area contributed by atoms with Crippen LogP contribution in [0.25, 0.3) is 0 Å². The number of fused-ring (bicyclic) bond motifs is 5. The zero-order valence-electron chi connectivity index (χ0n) is 22.0. The predicted octanol–water partition coefficient (Wildman–Crippen LogP) is 6.69. The summed E-state index contributed by atoms with van der Waals surface area (Å²) < 4.78 is 0. The van der Waals surface area contributed by atoms with Gasteiger partial charge in [0.05, 0.1) is 11.5 Å². The van der Waals surface area contributed by atoms with Crippen LogP contribution in [0.2, 0.25) is 0 Å². The van der Waals surface area contributed by atoms with E-state index >= 15 is 0 Å². The van der Waals surface area contributed by atoms with Crippen LogP contribution in [0.1, 0.15) is 99.8 Å². The molecule has 0 radical (unpaired) electrons. The summed E-state index contributed by atoms with van der Waals surface area (Å²) in [5.74, 6) is 1.95. The maximum absolute atomic E-state index is 12.6. The van der Waals surface area contributed by atoms with Crippen LogP contribution < -0.4 is 0 Å². The molecule has 3 heteroatoms. The van der Waals surface area contributed by atoms with Crippen molar-refractivity contribution in [3.63, 3.8) is 0 Å². The lowest BCUT2D eigenvalue weighted by Crippen LogP contribution is -2.59. The van der Waals surface area contributed by atoms with E-state index in [2.05, 4.69) is 33.8 Å². The zero-order chi connectivity index (χ0) is 24.4. The molecule has 3 fully saturated rings. The molecule has 0 heterocycles. The molecule has 0 aromatic carbocycles. The first-order valence-electron chi connectivity index (χ1n) is 13.4. The van der Waals surface area contributed by atoms with E-state index in [0.717, 1.165) is 31.1 Å². The highest BCUT2D eigenvalue weighted by atomic mass is 16.3. The fourth-order valence-electron chi connectivity index (χ4n) is 9.40. The second kappa shape index (κ2) is 8.18. The lowest BCUT2D eigenvalue weighted by Gasteiger charge is -2.64. The van der Waals surface area contributed by atoms with Gasteiger partial charge >= 0.3 is 0 Å². The van der Waals surface area contributed by atoms with Gasteiger partial charge in [-0.2, -0.15) is 0 Å². The van der Waals surface area contributed by atoms with Crippen LogP contribution in [0.5, 0.6) is 0 Å². The molecule has 0 saturated heterocycles. The molecule has 33 heavy (non-hydrogen) atoms. The van der Waals surface area contributed by atoms with E-state index in [9.17, 15) is 14.7 Å². The second-order valence-electron chi connectivity index (χ2n) is 13.3. The van der Waals surface area contributed by atoms with Gasteiger partial charge in [-0.05, 0) is 105 Å². The molecule has 0 aromatic heterocycles. The van der Waals surface area contributed by atoms with Crippen LogP contribution in [0.4, 0.5) is 0 Å². The molecule has 9 unspecified atom stereocenters. The van der Waals surface area contributed by atoms with Crippen LogP contribution in [0.15, 0.2) is 23.3 Å². The van der Waals surface area contributed by atoms with E-state index in [0.29, 0.717) is 24.2 Å². The van der Waals surface area contributed by atoms with Crippen molar-refractivity contribution in [3.8, 4) is 0 Å². The minimum Gasteiger partial charge on any atom is -0.392 e. The maximum Gasteiger partial charge on any atom is 0.155 e. The summed E-state index contributed by atoms with van der Waals surface area (Å²) in [6.45, 7) is 15.7. The standard InChI is InChI=1S/C30H46O3/c1-19(2)16-21(32)17-20(3)22-10-14-30(7)24-8-9-25-27(4,23(24)11-15-29(22,30)6)13-12-26(33)28(25,5)18-31/h8,16,18,20,22-23,25-26,33H,9-15,17H2,1-7H3. The van der Waals surface area contributed by atoms with Crippen molar-refractivity contribution in [2.75, 3.05) is 0 Å². The van der Waals surface area contributed by atoms with E-state index in [1.807, 2.05) is 26.8 Å². The Hall–Kier alpha value is -1.22. The van der Waals surface area contributed by atoms with E-state index in [4.69, 9.17) is 0 Å². The molecule has 4 aliphatic rings. The van der Waals surface area contributed by atoms with Gasteiger partial charge in [0.15, 0.2) is 5.78 Å². The molecule has 1 N–H and O–H groups in total. The summed E-state index contributed by atoms with van der Waals surface area (Å²) in [6, 6.07) is 0. The van der Waals surface area contributed by atoms with Crippen LogP contribution >= 0.6 is 0 Å². The monoisotopic (exact) mass is 454 g/mol. The van der Waals surface area contributed by atoms with Gasteiger partial charge in [-0.15, -0.1) is 0 Å². The SMILES string of the molecule is CC(C)=CC(=O)CC(C)C1CCC2(C)C3=CCC4C(C)(C=O)C(O)CCC4(C)C3CCC12C. The third-order valence-corrected chi connectivity index (χ3v) is 11.5. The Morgan fingerprint density at radius 1 is 1.12 bits per heavy atom. The van der Waals surface area contributed by atoms with Gasteiger partial charge < -0.3 is 9.90 Å².